The van der Waals surface area contributed by atoms with Crippen molar-refractivity contribution in [2.45, 2.75) is 51.2 Å². The van der Waals surface area contributed by atoms with Gasteiger partial charge >= 0.3 is 5.92 Å². The van der Waals surface area contributed by atoms with Crippen molar-refractivity contribution in [2.75, 3.05) is 18.6 Å². The van der Waals surface area contributed by atoms with Gasteiger partial charge in [0.25, 0.3) is 0 Å². The van der Waals surface area contributed by atoms with Crippen molar-refractivity contribution in [3.63, 3.8) is 0 Å². The number of pyridine rings is 1. The summed E-state index contributed by atoms with van der Waals surface area (Å²) in [6.07, 6.45) is 2.49. The average Bonchev–Trinajstić information content (AvgIpc) is 3.58. The molecule has 0 bridgehead atoms. The largest absolute Gasteiger partial charge is 0.383 e. The number of alkyl halides is 2. The molecule has 2 aromatic heterocycles. The Morgan fingerprint density at radius 1 is 1.24 bits per heavy atom. The summed E-state index contributed by atoms with van der Waals surface area (Å²) in [7, 11) is -2.66. The van der Waals surface area contributed by atoms with Crippen molar-refractivity contribution in [3.8, 4) is 0 Å². The van der Waals surface area contributed by atoms with Gasteiger partial charge in [-0.3, -0.25) is 4.98 Å². The number of halogens is 3. The fourth-order valence-electron chi connectivity index (χ4n) is 4.13. The summed E-state index contributed by atoms with van der Waals surface area (Å²) in [6.45, 7) is 7.60. The molecule has 0 amide bonds. The number of rotatable bonds is 7. The number of benzene rings is 1. The van der Waals surface area contributed by atoms with Gasteiger partial charge in [0.1, 0.15) is 35.6 Å². The summed E-state index contributed by atoms with van der Waals surface area (Å²) >= 11 is 0. The number of aryl methyl sites for hydroxylation is 1. The lowest BCUT2D eigenvalue weighted by Crippen LogP contribution is -2.45. The van der Waals surface area contributed by atoms with E-state index in [1.54, 1.807) is 33.2 Å². The number of aromatic nitrogens is 3. The third kappa shape index (κ3) is 4.31. The molecule has 0 radical (unpaired) electrons. The molecule has 3 aromatic rings. The molecule has 0 aliphatic heterocycles. The van der Waals surface area contributed by atoms with Gasteiger partial charge in [-0.1, -0.05) is 12.1 Å². The highest BCUT2D eigenvalue weighted by molar-refractivity contribution is 7.69. The van der Waals surface area contributed by atoms with Gasteiger partial charge in [-0.2, -0.15) is 8.78 Å². The summed E-state index contributed by atoms with van der Waals surface area (Å²) in [5.74, 6) is -4.59. The lowest BCUT2D eigenvalue weighted by Gasteiger charge is -2.34. The standard InChI is InChI=1S/C24H28F3N4O2P/c1-13(16-7-6-8-18(21(16)25)24(26,27)23(3,32)15-9-10-15)29-22-17-11-20(34(4,5)33)28-12-19(17)30-14(2)31-22/h6-8,11-13,15,32H,9-10H2,1-5H3,(H,29,30,31)/t13-,23+/m1/s1. The van der Waals surface area contributed by atoms with E-state index in [4.69, 9.17) is 0 Å². The van der Waals surface area contributed by atoms with Crippen LogP contribution in [0.15, 0.2) is 30.5 Å². The summed E-state index contributed by atoms with van der Waals surface area (Å²) < 4.78 is 58.4. The minimum atomic E-state index is -3.75. The van der Waals surface area contributed by atoms with E-state index in [0.29, 0.717) is 40.8 Å². The topological polar surface area (TPSA) is 88.0 Å². The fourth-order valence-corrected chi connectivity index (χ4v) is 4.90. The van der Waals surface area contributed by atoms with E-state index in [1.165, 1.54) is 18.3 Å². The van der Waals surface area contributed by atoms with Crippen molar-refractivity contribution >= 4 is 29.3 Å². The van der Waals surface area contributed by atoms with Gasteiger partial charge in [0.2, 0.25) is 0 Å². The molecule has 1 aliphatic rings. The number of nitrogens with zero attached hydrogens (tertiary/aromatic N) is 3. The van der Waals surface area contributed by atoms with E-state index >= 15 is 13.2 Å². The zero-order chi connectivity index (χ0) is 25.1. The van der Waals surface area contributed by atoms with Crippen LogP contribution in [-0.4, -0.2) is 39.0 Å². The third-order valence-electron chi connectivity index (χ3n) is 6.43. The second-order valence-electron chi connectivity index (χ2n) is 9.60. The molecule has 1 saturated carbocycles. The van der Waals surface area contributed by atoms with E-state index in [1.807, 2.05) is 0 Å². The number of nitrogens with one attached hydrogen (secondary N) is 1. The Morgan fingerprint density at radius 2 is 1.91 bits per heavy atom. The highest BCUT2D eigenvalue weighted by Crippen LogP contribution is 2.52. The van der Waals surface area contributed by atoms with Gasteiger partial charge < -0.3 is 15.0 Å². The van der Waals surface area contributed by atoms with Crippen LogP contribution < -0.4 is 10.8 Å². The van der Waals surface area contributed by atoms with E-state index in [9.17, 15) is 9.67 Å². The van der Waals surface area contributed by atoms with E-state index in [-0.39, 0.29) is 5.56 Å². The Hall–Kier alpha value is -2.51. The molecule has 34 heavy (non-hydrogen) atoms. The summed E-state index contributed by atoms with van der Waals surface area (Å²) in [5.41, 5.74) is -2.23. The van der Waals surface area contributed by atoms with E-state index < -0.39 is 42.0 Å². The van der Waals surface area contributed by atoms with Crippen LogP contribution in [-0.2, 0) is 10.5 Å². The van der Waals surface area contributed by atoms with Crippen LogP contribution in [0.2, 0.25) is 0 Å². The first-order valence-electron chi connectivity index (χ1n) is 11.1. The molecule has 1 aromatic carbocycles. The number of aliphatic hydroxyl groups is 1. The summed E-state index contributed by atoms with van der Waals surface area (Å²) in [4.78, 5) is 13.0. The van der Waals surface area contributed by atoms with Crippen molar-refractivity contribution in [1.82, 2.24) is 15.0 Å². The van der Waals surface area contributed by atoms with Crippen molar-refractivity contribution in [2.24, 2.45) is 5.92 Å². The molecule has 182 valence electrons. The lowest BCUT2D eigenvalue weighted by molar-refractivity contribution is -0.191. The maximum atomic E-state index is 15.4. The molecule has 2 atom stereocenters. The molecule has 1 aliphatic carbocycles. The molecule has 0 saturated heterocycles. The van der Waals surface area contributed by atoms with E-state index in [2.05, 4.69) is 20.3 Å². The molecule has 2 heterocycles. The van der Waals surface area contributed by atoms with Crippen LogP contribution in [0, 0.1) is 18.7 Å². The highest BCUT2D eigenvalue weighted by Gasteiger charge is 2.59. The Labute approximate surface area is 196 Å². The zero-order valence-electron chi connectivity index (χ0n) is 19.7. The molecule has 0 spiro atoms. The van der Waals surface area contributed by atoms with Crippen LogP contribution >= 0.6 is 7.14 Å². The van der Waals surface area contributed by atoms with Crippen LogP contribution in [0.3, 0.4) is 0 Å². The smallest absolute Gasteiger partial charge is 0.304 e. The first-order chi connectivity index (χ1) is 15.7. The van der Waals surface area contributed by atoms with Crippen LogP contribution in [0.4, 0.5) is 19.0 Å². The minimum absolute atomic E-state index is 0.0131. The predicted octanol–water partition coefficient (Wildman–Crippen LogP) is 5.15. The Bertz CT molecular complexity index is 1300. The Balaban J connectivity index is 1.73. The first-order valence-corrected chi connectivity index (χ1v) is 13.7. The van der Waals surface area contributed by atoms with Gasteiger partial charge in [-0.25, -0.2) is 14.4 Å². The van der Waals surface area contributed by atoms with Crippen LogP contribution in [0.1, 0.15) is 49.7 Å². The second kappa shape index (κ2) is 8.31. The average molecular weight is 492 g/mol. The maximum Gasteiger partial charge on any atom is 0.304 e. The van der Waals surface area contributed by atoms with E-state index in [0.717, 1.165) is 13.0 Å². The number of anilines is 1. The predicted molar refractivity (Wildman–Crippen MR) is 127 cm³/mol. The molecule has 6 nitrogen and oxygen atoms in total. The summed E-state index contributed by atoms with van der Waals surface area (Å²) in [5, 5.41) is 14.1. The fraction of sp³-hybridized carbons (Fsp3) is 0.458. The maximum absolute atomic E-state index is 15.4. The van der Waals surface area contributed by atoms with Gasteiger partial charge in [0.15, 0.2) is 0 Å². The lowest BCUT2D eigenvalue weighted by atomic mass is 9.86. The van der Waals surface area contributed by atoms with Crippen LogP contribution in [0.5, 0.6) is 0 Å². The molecule has 4 rings (SSSR count). The molecule has 0 unspecified atom stereocenters. The highest BCUT2D eigenvalue weighted by atomic mass is 31.2. The SMILES string of the molecule is Cc1nc(N[C@H](C)c2cccc(C(F)(F)[C@@](C)(O)C3CC3)c2F)c2cc(P(C)(C)=O)ncc2n1. The molecular formula is C24H28F3N4O2P. The zero-order valence-corrected chi connectivity index (χ0v) is 20.6. The minimum Gasteiger partial charge on any atom is -0.383 e. The molecule has 2 N–H and O–H groups in total. The van der Waals surface area contributed by atoms with Crippen molar-refractivity contribution in [3.05, 3.63) is 53.2 Å². The quantitative estimate of drug-likeness (QED) is 0.444. The Kier molecular flexibility index (Phi) is 6.01. The van der Waals surface area contributed by atoms with Crippen LogP contribution in [0.25, 0.3) is 10.9 Å². The second-order valence-corrected chi connectivity index (χ2v) is 12.8. The normalized spacial score (nSPS) is 17.4. The number of hydrogen-bond donors (Lipinski definition) is 2. The number of hydrogen-bond acceptors (Lipinski definition) is 6. The monoisotopic (exact) mass is 492 g/mol. The molecular weight excluding hydrogens is 464 g/mol. The Morgan fingerprint density at radius 3 is 2.53 bits per heavy atom. The van der Waals surface area contributed by atoms with Crippen molar-refractivity contribution < 1.29 is 22.8 Å². The van der Waals surface area contributed by atoms with Gasteiger partial charge in [-0.05, 0) is 65.0 Å². The van der Waals surface area contributed by atoms with Gasteiger partial charge in [0.05, 0.1) is 23.3 Å². The van der Waals surface area contributed by atoms with Crippen molar-refractivity contribution in [1.29, 1.82) is 0 Å². The van der Waals surface area contributed by atoms with Gasteiger partial charge in [-0.15, -0.1) is 0 Å². The number of fused-ring (bicyclic) bond motifs is 1. The first kappa shape index (κ1) is 24.6. The van der Waals surface area contributed by atoms with Gasteiger partial charge in [0, 0.05) is 10.9 Å². The summed E-state index contributed by atoms with van der Waals surface area (Å²) in [6, 6.07) is 4.70. The molecule has 10 heteroatoms. The third-order valence-corrected chi connectivity index (χ3v) is 7.77. The molecule has 1 fully saturated rings.